The van der Waals surface area contributed by atoms with Crippen LogP contribution in [0.5, 0.6) is 5.75 Å². The van der Waals surface area contributed by atoms with Crippen molar-refractivity contribution in [1.29, 1.82) is 0 Å². The summed E-state index contributed by atoms with van der Waals surface area (Å²) in [7, 11) is 3.55. The summed E-state index contributed by atoms with van der Waals surface area (Å²) in [4.78, 5) is 14.2. The van der Waals surface area contributed by atoms with E-state index in [-0.39, 0.29) is 0 Å². The van der Waals surface area contributed by atoms with Gasteiger partial charge in [0.15, 0.2) is 11.6 Å². The molecule has 0 amide bonds. The van der Waals surface area contributed by atoms with Crippen LogP contribution in [0.3, 0.4) is 0 Å². The topological polar surface area (TPSA) is 116 Å². The summed E-state index contributed by atoms with van der Waals surface area (Å²) in [5, 5.41) is 10.1. The number of ether oxygens (including phenoxy) is 2. The van der Waals surface area contributed by atoms with Gasteiger partial charge in [0.2, 0.25) is 5.95 Å². The van der Waals surface area contributed by atoms with E-state index in [1.165, 1.54) is 38.0 Å². The number of anilines is 6. The second-order valence-corrected chi connectivity index (χ2v) is 12.1. The van der Waals surface area contributed by atoms with Gasteiger partial charge in [0.05, 0.1) is 26.0 Å². The second-order valence-electron chi connectivity index (χ2n) is 11.0. The van der Waals surface area contributed by atoms with E-state index >= 15 is 0 Å². The first kappa shape index (κ1) is 29.8. The maximum atomic E-state index is 6.32. The molecule has 1 saturated carbocycles. The summed E-state index contributed by atoms with van der Waals surface area (Å²) in [6, 6.07) is 6.68. The van der Waals surface area contributed by atoms with Gasteiger partial charge in [0.25, 0.3) is 0 Å². The van der Waals surface area contributed by atoms with Gasteiger partial charge >= 0.3 is 0 Å². The molecule has 1 aliphatic carbocycles. The molecule has 1 aromatic heterocycles. The number of nitrogens with zero attached hydrogens (tertiary/aromatic N) is 5. The molecule has 226 valence electrons. The molecule has 0 unspecified atom stereocenters. The fourth-order valence-corrected chi connectivity index (χ4v) is 6.75. The van der Waals surface area contributed by atoms with Crippen LogP contribution in [0.2, 0.25) is 0 Å². The van der Waals surface area contributed by atoms with Gasteiger partial charge in [-0.05, 0) is 37.9 Å². The summed E-state index contributed by atoms with van der Waals surface area (Å²) >= 11 is 1.99. The highest BCUT2D eigenvalue weighted by Crippen LogP contribution is 2.35. The number of methoxy groups -OCH3 is 1. The van der Waals surface area contributed by atoms with Gasteiger partial charge in [0, 0.05) is 69.9 Å². The lowest BCUT2D eigenvalue weighted by molar-refractivity contribution is 0.0381. The number of hydrogen-bond donors (Lipinski definition) is 4. The van der Waals surface area contributed by atoms with Crippen LogP contribution < -0.4 is 31.3 Å². The van der Waals surface area contributed by atoms with E-state index in [9.17, 15) is 0 Å². The van der Waals surface area contributed by atoms with Crippen molar-refractivity contribution in [3.05, 3.63) is 18.2 Å². The minimum Gasteiger partial charge on any atom is -0.494 e. The number of piperazine rings is 1. The zero-order valence-electron chi connectivity index (χ0n) is 24.7. The normalized spacial score (nSPS) is 19.2. The first-order valence-corrected chi connectivity index (χ1v) is 16.1. The minimum atomic E-state index is 0.404. The van der Waals surface area contributed by atoms with Crippen molar-refractivity contribution in [1.82, 2.24) is 19.2 Å². The zero-order chi connectivity index (χ0) is 28.4. The third-order valence-corrected chi connectivity index (χ3v) is 9.37. The Labute approximate surface area is 249 Å². The van der Waals surface area contributed by atoms with Crippen molar-refractivity contribution >= 4 is 46.6 Å². The molecule has 5 rings (SSSR count). The fourth-order valence-electron chi connectivity index (χ4n) is 5.81. The second kappa shape index (κ2) is 15.0. The summed E-state index contributed by atoms with van der Waals surface area (Å²) in [5.74, 6) is 3.53. The van der Waals surface area contributed by atoms with Crippen LogP contribution >= 0.6 is 11.9 Å². The number of hydrogen-bond acceptors (Lipinski definition) is 12. The zero-order valence-corrected chi connectivity index (χ0v) is 25.5. The number of rotatable bonds is 12. The Hall–Kier alpha value is -2.67. The van der Waals surface area contributed by atoms with Crippen LogP contribution in [-0.4, -0.2) is 104 Å². The molecule has 0 bridgehead atoms. The van der Waals surface area contributed by atoms with Crippen molar-refractivity contribution in [2.75, 3.05) is 106 Å². The smallest absolute Gasteiger partial charge is 0.231 e. The molecule has 0 radical (unpaired) electrons. The quantitative estimate of drug-likeness (QED) is 0.212. The van der Waals surface area contributed by atoms with Crippen molar-refractivity contribution < 1.29 is 9.47 Å². The molecule has 2 aromatic rings. The average Bonchev–Trinajstić information content (AvgIpc) is 3.01. The summed E-state index contributed by atoms with van der Waals surface area (Å²) in [6.45, 7) is 9.16. The van der Waals surface area contributed by atoms with Gasteiger partial charge in [-0.1, -0.05) is 31.2 Å². The Morgan fingerprint density at radius 3 is 2.56 bits per heavy atom. The molecule has 11 nitrogen and oxygen atoms in total. The van der Waals surface area contributed by atoms with Crippen molar-refractivity contribution in [3.8, 4) is 5.75 Å². The molecule has 1 aromatic carbocycles. The van der Waals surface area contributed by atoms with E-state index in [1.54, 1.807) is 7.11 Å². The van der Waals surface area contributed by atoms with E-state index in [4.69, 9.17) is 20.2 Å². The van der Waals surface area contributed by atoms with Crippen LogP contribution in [0.1, 0.15) is 38.5 Å². The van der Waals surface area contributed by atoms with Gasteiger partial charge in [-0.15, -0.1) is 0 Å². The first-order valence-electron chi connectivity index (χ1n) is 15.1. The highest BCUT2D eigenvalue weighted by Gasteiger charge is 2.21. The van der Waals surface area contributed by atoms with Crippen LogP contribution in [-0.2, 0) is 4.74 Å². The number of morpholine rings is 1. The number of nitrogens with one attached hydrogen (secondary N) is 3. The van der Waals surface area contributed by atoms with Crippen LogP contribution in [0.25, 0.3) is 0 Å². The summed E-state index contributed by atoms with van der Waals surface area (Å²) in [6.07, 6.45) is 7.30. The lowest BCUT2D eigenvalue weighted by Gasteiger charge is -2.35. The van der Waals surface area contributed by atoms with Gasteiger partial charge in [0.1, 0.15) is 11.4 Å². The predicted molar refractivity (Wildman–Crippen MR) is 171 cm³/mol. The van der Waals surface area contributed by atoms with Crippen molar-refractivity contribution in [2.45, 2.75) is 44.6 Å². The SMILES string of the molecule is CNc1c(N)nc(Nc2ccc(N3CCN(SCCCN4CCOCC4)CC3)cc2OC)nc1NC1CCCCC1. The minimum absolute atomic E-state index is 0.404. The Kier molecular flexibility index (Phi) is 10.9. The average molecular weight is 586 g/mol. The third kappa shape index (κ3) is 8.21. The summed E-state index contributed by atoms with van der Waals surface area (Å²) in [5.41, 5.74) is 9.03. The highest BCUT2D eigenvalue weighted by atomic mass is 32.2. The van der Waals surface area contributed by atoms with Crippen LogP contribution in [0.15, 0.2) is 18.2 Å². The molecule has 41 heavy (non-hydrogen) atoms. The lowest BCUT2D eigenvalue weighted by Crippen LogP contribution is -2.43. The molecule has 0 spiro atoms. The van der Waals surface area contributed by atoms with Crippen molar-refractivity contribution in [2.24, 2.45) is 0 Å². The van der Waals surface area contributed by atoms with E-state index in [2.05, 4.69) is 47.2 Å². The van der Waals surface area contributed by atoms with E-state index in [0.29, 0.717) is 17.8 Å². The highest BCUT2D eigenvalue weighted by molar-refractivity contribution is 7.97. The Bertz CT molecular complexity index is 1100. The molecular weight excluding hydrogens is 538 g/mol. The lowest BCUT2D eigenvalue weighted by atomic mass is 9.95. The largest absolute Gasteiger partial charge is 0.494 e. The van der Waals surface area contributed by atoms with Gasteiger partial charge in [-0.2, -0.15) is 9.97 Å². The van der Waals surface area contributed by atoms with Gasteiger partial charge in [-0.3, -0.25) is 4.90 Å². The maximum absolute atomic E-state index is 6.32. The van der Waals surface area contributed by atoms with E-state index < -0.39 is 0 Å². The van der Waals surface area contributed by atoms with E-state index in [0.717, 1.165) is 94.0 Å². The Morgan fingerprint density at radius 1 is 1.05 bits per heavy atom. The molecule has 3 heterocycles. The van der Waals surface area contributed by atoms with E-state index in [1.807, 2.05) is 25.1 Å². The third-order valence-electron chi connectivity index (χ3n) is 8.16. The molecule has 0 atom stereocenters. The maximum Gasteiger partial charge on any atom is 0.231 e. The molecule has 3 fully saturated rings. The number of nitrogen functional groups attached to an aromatic ring is 1. The number of aromatic nitrogens is 2. The molecule has 12 heteroatoms. The molecule has 2 aliphatic heterocycles. The Balaban J connectivity index is 1.15. The van der Waals surface area contributed by atoms with Gasteiger partial charge < -0.3 is 36.1 Å². The summed E-state index contributed by atoms with van der Waals surface area (Å²) < 4.78 is 13.7. The number of benzene rings is 1. The Morgan fingerprint density at radius 2 is 1.83 bits per heavy atom. The molecule has 2 saturated heterocycles. The standard InChI is InChI=1S/C29H47N9O2S/c1-31-26-27(30)34-29(35-28(26)32-22-7-4-3-5-8-22)33-24-10-9-23(21-25(24)39-2)37-12-14-38(15-13-37)41-20-6-11-36-16-18-40-19-17-36/h9-10,21-22,31H,3-8,11-20H2,1-2H3,(H4,30,32,33,34,35). The first-order chi connectivity index (χ1) is 20.1. The number of nitrogens with two attached hydrogens (primary N) is 1. The van der Waals surface area contributed by atoms with Gasteiger partial charge in [-0.25, -0.2) is 4.31 Å². The van der Waals surface area contributed by atoms with Crippen molar-refractivity contribution in [3.63, 3.8) is 0 Å². The predicted octanol–water partition coefficient (Wildman–Crippen LogP) is 4.09. The monoisotopic (exact) mass is 585 g/mol. The molecular formula is C29H47N9O2S. The van der Waals surface area contributed by atoms with Crippen LogP contribution in [0.4, 0.5) is 34.6 Å². The fraction of sp³-hybridized carbons (Fsp3) is 0.655. The van der Waals surface area contributed by atoms with Crippen LogP contribution in [0, 0.1) is 0 Å². The molecule has 3 aliphatic rings. The molecule has 5 N–H and O–H groups in total.